The largest absolute Gasteiger partial charge is 0.313 e. The Morgan fingerprint density at radius 1 is 1.41 bits per heavy atom. The summed E-state index contributed by atoms with van der Waals surface area (Å²) in [5.41, 5.74) is 1.16. The van der Waals surface area contributed by atoms with Crippen LogP contribution in [0.2, 0.25) is 0 Å². The van der Waals surface area contributed by atoms with Crippen LogP contribution in [0.25, 0.3) is 0 Å². The Labute approximate surface area is 118 Å². The smallest absolute Gasteiger partial charge is 0.124 e. The van der Waals surface area contributed by atoms with E-state index in [2.05, 4.69) is 45.4 Å². The third-order valence-electron chi connectivity index (χ3n) is 2.67. The Balaban J connectivity index is 2.23. The van der Waals surface area contributed by atoms with E-state index in [4.69, 9.17) is 0 Å². The minimum absolute atomic E-state index is 0.177. The molecule has 1 aromatic heterocycles. The van der Waals surface area contributed by atoms with Crippen LogP contribution in [0.4, 0.5) is 4.39 Å². The van der Waals surface area contributed by atoms with Crippen molar-refractivity contribution in [3.8, 4) is 0 Å². The summed E-state index contributed by atoms with van der Waals surface area (Å²) in [6.45, 7) is 0. The number of nitrogens with one attached hydrogen (secondary N) is 1. The van der Waals surface area contributed by atoms with Gasteiger partial charge in [0.15, 0.2) is 0 Å². The van der Waals surface area contributed by atoms with Gasteiger partial charge in [0.25, 0.3) is 0 Å². The van der Waals surface area contributed by atoms with Crippen LogP contribution in [-0.4, -0.2) is 7.05 Å². The first-order chi connectivity index (χ1) is 8.20. The molecule has 2 aromatic rings. The number of rotatable bonds is 4. The first kappa shape index (κ1) is 13.0. The molecule has 0 spiro atoms. The maximum atomic E-state index is 13.1. The van der Waals surface area contributed by atoms with E-state index in [9.17, 15) is 4.39 Å². The summed E-state index contributed by atoms with van der Waals surface area (Å²) in [5, 5.41) is 5.38. The second kappa shape index (κ2) is 5.93. The van der Waals surface area contributed by atoms with Crippen molar-refractivity contribution in [1.29, 1.82) is 0 Å². The maximum absolute atomic E-state index is 13.1. The van der Waals surface area contributed by atoms with Crippen molar-refractivity contribution in [2.75, 3.05) is 7.05 Å². The van der Waals surface area contributed by atoms with E-state index in [0.717, 1.165) is 15.6 Å². The Morgan fingerprint density at radius 2 is 2.24 bits per heavy atom. The van der Waals surface area contributed by atoms with Crippen LogP contribution in [0.3, 0.4) is 0 Å². The molecule has 0 aliphatic heterocycles. The summed E-state index contributed by atoms with van der Waals surface area (Å²) in [7, 11) is 1.94. The van der Waals surface area contributed by atoms with Crippen LogP contribution >= 0.6 is 33.9 Å². The van der Waals surface area contributed by atoms with Gasteiger partial charge in [-0.2, -0.15) is 0 Å². The molecule has 0 saturated carbocycles. The van der Waals surface area contributed by atoms with E-state index in [1.165, 1.54) is 10.9 Å². The normalized spacial score (nSPS) is 12.6. The second-order valence-corrected chi connectivity index (χ2v) is 5.99. The Morgan fingerprint density at radius 3 is 2.82 bits per heavy atom. The molecule has 0 radical (unpaired) electrons. The lowest BCUT2D eigenvalue weighted by Gasteiger charge is -2.17. The van der Waals surface area contributed by atoms with E-state index < -0.39 is 0 Å². The molecule has 17 heavy (non-hydrogen) atoms. The zero-order chi connectivity index (χ0) is 12.3. The van der Waals surface area contributed by atoms with E-state index in [0.29, 0.717) is 0 Å². The zero-order valence-electron chi connectivity index (χ0n) is 9.41. The standard InChI is InChI=1S/C13H13FINS/c1-16-13(8-10-3-2-6-17-10)11-5-4-9(14)7-12(11)15/h2-7,13,16H,8H2,1H3. The first-order valence-corrected chi connectivity index (χ1v) is 7.31. The second-order valence-electron chi connectivity index (χ2n) is 3.79. The van der Waals surface area contributed by atoms with Gasteiger partial charge in [-0.15, -0.1) is 11.3 Å². The van der Waals surface area contributed by atoms with Crippen LogP contribution in [0.15, 0.2) is 35.7 Å². The summed E-state index contributed by atoms with van der Waals surface area (Å²) in [6, 6.07) is 9.39. The lowest BCUT2D eigenvalue weighted by molar-refractivity contribution is 0.586. The summed E-state index contributed by atoms with van der Waals surface area (Å²) in [6.07, 6.45) is 0.940. The van der Waals surface area contributed by atoms with Crippen molar-refractivity contribution in [2.24, 2.45) is 0 Å². The van der Waals surface area contributed by atoms with Gasteiger partial charge in [0.05, 0.1) is 0 Å². The number of hydrogen-bond donors (Lipinski definition) is 1. The SMILES string of the molecule is CNC(Cc1cccs1)c1ccc(F)cc1I. The van der Waals surface area contributed by atoms with Crippen LogP contribution in [0, 0.1) is 9.39 Å². The monoisotopic (exact) mass is 361 g/mol. The molecule has 1 heterocycles. The third-order valence-corrected chi connectivity index (χ3v) is 4.50. The molecule has 2 rings (SSSR count). The molecule has 90 valence electrons. The van der Waals surface area contributed by atoms with Crippen LogP contribution in [-0.2, 0) is 6.42 Å². The van der Waals surface area contributed by atoms with Crippen LogP contribution < -0.4 is 5.32 Å². The van der Waals surface area contributed by atoms with E-state index in [-0.39, 0.29) is 11.9 Å². The predicted octanol–water partition coefficient (Wildman–Crippen LogP) is 4.00. The molecule has 0 aliphatic carbocycles. The van der Waals surface area contributed by atoms with Gasteiger partial charge in [0, 0.05) is 20.9 Å². The van der Waals surface area contributed by atoms with E-state index in [1.54, 1.807) is 17.4 Å². The topological polar surface area (TPSA) is 12.0 Å². The number of halogens is 2. The Bertz CT molecular complexity index is 484. The molecule has 1 atom stereocenters. The lowest BCUT2D eigenvalue weighted by Crippen LogP contribution is -2.19. The molecule has 4 heteroatoms. The summed E-state index contributed by atoms with van der Waals surface area (Å²) in [5.74, 6) is -0.177. The average molecular weight is 361 g/mol. The highest BCUT2D eigenvalue weighted by atomic mass is 127. The molecule has 0 saturated heterocycles. The minimum Gasteiger partial charge on any atom is -0.313 e. The third kappa shape index (κ3) is 3.26. The fourth-order valence-corrected chi connectivity index (χ4v) is 3.39. The number of benzene rings is 1. The molecular formula is C13H13FINS. The lowest BCUT2D eigenvalue weighted by atomic mass is 10.0. The highest BCUT2D eigenvalue weighted by molar-refractivity contribution is 14.1. The highest BCUT2D eigenvalue weighted by Crippen LogP contribution is 2.25. The number of likely N-dealkylation sites (N-methyl/N-ethyl adjacent to an activating group) is 1. The minimum atomic E-state index is -0.177. The average Bonchev–Trinajstić information content (AvgIpc) is 2.79. The van der Waals surface area contributed by atoms with Gasteiger partial charge in [0.1, 0.15) is 5.82 Å². The molecule has 0 amide bonds. The van der Waals surface area contributed by atoms with Crippen molar-refractivity contribution in [3.63, 3.8) is 0 Å². The summed E-state index contributed by atoms with van der Waals surface area (Å²) in [4.78, 5) is 1.34. The fourth-order valence-electron chi connectivity index (χ4n) is 1.78. The molecule has 1 nitrogen and oxygen atoms in total. The fraction of sp³-hybridized carbons (Fsp3) is 0.231. The van der Waals surface area contributed by atoms with E-state index in [1.807, 2.05) is 13.1 Å². The quantitative estimate of drug-likeness (QED) is 0.812. The van der Waals surface area contributed by atoms with Gasteiger partial charge in [0.2, 0.25) is 0 Å². The molecule has 0 bridgehead atoms. The first-order valence-electron chi connectivity index (χ1n) is 5.35. The summed E-state index contributed by atoms with van der Waals surface area (Å²) >= 11 is 3.94. The zero-order valence-corrected chi connectivity index (χ0v) is 12.4. The van der Waals surface area contributed by atoms with Crippen molar-refractivity contribution in [1.82, 2.24) is 5.32 Å². The molecular weight excluding hydrogens is 348 g/mol. The Kier molecular flexibility index (Phi) is 4.53. The van der Waals surface area contributed by atoms with Gasteiger partial charge >= 0.3 is 0 Å². The number of thiophene rings is 1. The number of hydrogen-bond acceptors (Lipinski definition) is 2. The van der Waals surface area contributed by atoms with Gasteiger partial charge in [-0.05, 0) is 58.8 Å². The van der Waals surface area contributed by atoms with Crippen molar-refractivity contribution in [3.05, 3.63) is 55.5 Å². The molecule has 0 fully saturated rings. The van der Waals surface area contributed by atoms with E-state index >= 15 is 0 Å². The summed E-state index contributed by atoms with van der Waals surface area (Å²) < 4.78 is 14.0. The molecule has 0 aliphatic rings. The van der Waals surface area contributed by atoms with Crippen LogP contribution in [0.5, 0.6) is 0 Å². The van der Waals surface area contributed by atoms with Gasteiger partial charge in [-0.1, -0.05) is 12.1 Å². The molecule has 1 aromatic carbocycles. The Hall–Kier alpha value is -0.460. The van der Waals surface area contributed by atoms with Gasteiger partial charge in [-0.25, -0.2) is 4.39 Å². The molecule has 1 unspecified atom stereocenters. The van der Waals surface area contributed by atoms with Gasteiger partial charge in [-0.3, -0.25) is 0 Å². The highest BCUT2D eigenvalue weighted by Gasteiger charge is 2.14. The van der Waals surface area contributed by atoms with Gasteiger partial charge < -0.3 is 5.32 Å². The maximum Gasteiger partial charge on any atom is 0.124 e. The van der Waals surface area contributed by atoms with Crippen molar-refractivity contribution in [2.45, 2.75) is 12.5 Å². The predicted molar refractivity (Wildman–Crippen MR) is 78.9 cm³/mol. The van der Waals surface area contributed by atoms with Crippen LogP contribution in [0.1, 0.15) is 16.5 Å². The molecule has 1 N–H and O–H groups in total. The van der Waals surface area contributed by atoms with Crippen molar-refractivity contribution < 1.29 is 4.39 Å². The van der Waals surface area contributed by atoms with Crippen molar-refractivity contribution >= 4 is 33.9 Å².